The lowest BCUT2D eigenvalue weighted by Crippen LogP contribution is -2.41. The van der Waals surface area contributed by atoms with Gasteiger partial charge in [-0.1, -0.05) is 23.5 Å². The van der Waals surface area contributed by atoms with Gasteiger partial charge in [0.25, 0.3) is 0 Å². The minimum Gasteiger partial charge on any atom is -0.497 e. The molecule has 0 atom stereocenters. The van der Waals surface area contributed by atoms with Gasteiger partial charge in [-0.25, -0.2) is 13.4 Å². The standard InChI is InChI=1S/C22H23N3O5S2/c1-14(26)15-3-6-18(7-4-15)32(28,29)25-11-9-16(10-12-25)21(27)24-22-23-19-8-5-17(30-2)13-20(19)31-22/h3-8,13,16H,9-12H2,1-2H3,(H,23,24,27). The van der Waals surface area contributed by atoms with Gasteiger partial charge < -0.3 is 10.1 Å². The quantitative estimate of drug-likeness (QED) is 0.549. The van der Waals surface area contributed by atoms with Crippen LogP contribution in [0.2, 0.25) is 0 Å². The number of benzene rings is 2. The Bertz CT molecular complexity index is 1260. The zero-order valence-electron chi connectivity index (χ0n) is 17.7. The fraction of sp³-hybridized carbons (Fsp3) is 0.318. The van der Waals surface area contributed by atoms with Gasteiger partial charge in [-0.3, -0.25) is 9.59 Å². The Balaban J connectivity index is 1.38. The van der Waals surface area contributed by atoms with Crippen LogP contribution in [0.3, 0.4) is 0 Å². The Morgan fingerprint density at radius 1 is 1.12 bits per heavy atom. The van der Waals surface area contributed by atoms with E-state index in [1.807, 2.05) is 18.2 Å². The molecular formula is C22H23N3O5S2. The highest BCUT2D eigenvalue weighted by Crippen LogP contribution is 2.30. The van der Waals surface area contributed by atoms with Crippen molar-refractivity contribution in [1.82, 2.24) is 9.29 Å². The van der Waals surface area contributed by atoms with Gasteiger partial charge in [-0.2, -0.15) is 4.31 Å². The van der Waals surface area contributed by atoms with Crippen LogP contribution >= 0.6 is 11.3 Å². The van der Waals surface area contributed by atoms with Gasteiger partial charge >= 0.3 is 0 Å². The second-order valence-electron chi connectivity index (χ2n) is 7.60. The SMILES string of the molecule is COc1ccc2nc(NC(=O)C3CCN(S(=O)(=O)c4ccc(C(C)=O)cc4)CC3)sc2c1. The van der Waals surface area contributed by atoms with Gasteiger partial charge in [-0.15, -0.1) is 0 Å². The molecular weight excluding hydrogens is 450 g/mol. The Labute approximate surface area is 190 Å². The van der Waals surface area contributed by atoms with Crippen molar-refractivity contribution in [2.45, 2.75) is 24.7 Å². The summed E-state index contributed by atoms with van der Waals surface area (Å²) in [4.78, 5) is 28.7. The summed E-state index contributed by atoms with van der Waals surface area (Å²) < 4.78 is 33.3. The van der Waals surface area contributed by atoms with E-state index in [0.29, 0.717) is 23.5 Å². The monoisotopic (exact) mass is 473 g/mol. The highest BCUT2D eigenvalue weighted by Gasteiger charge is 2.32. The van der Waals surface area contributed by atoms with Gasteiger partial charge in [0.05, 0.1) is 22.2 Å². The van der Waals surface area contributed by atoms with Crippen LogP contribution in [0.4, 0.5) is 5.13 Å². The van der Waals surface area contributed by atoms with Crippen LogP contribution in [-0.2, 0) is 14.8 Å². The summed E-state index contributed by atoms with van der Waals surface area (Å²) in [7, 11) is -2.07. The number of rotatable bonds is 6. The Morgan fingerprint density at radius 2 is 1.81 bits per heavy atom. The maximum absolute atomic E-state index is 12.9. The lowest BCUT2D eigenvalue weighted by molar-refractivity contribution is -0.120. The second-order valence-corrected chi connectivity index (χ2v) is 10.6. The summed E-state index contributed by atoms with van der Waals surface area (Å²) in [5.41, 5.74) is 1.25. The number of Topliss-reactive ketones (excluding diaryl/α,β-unsaturated/α-hetero) is 1. The number of sulfonamides is 1. The molecule has 2 heterocycles. The van der Waals surface area contributed by atoms with Crippen molar-refractivity contribution in [2.24, 2.45) is 5.92 Å². The third-order valence-corrected chi connectivity index (χ3v) is 8.40. The van der Waals surface area contributed by atoms with E-state index in [1.54, 1.807) is 7.11 Å². The molecule has 3 aromatic rings. The molecule has 0 radical (unpaired) electrons. The predicted molar refractivity (Wildman–Crippen MR) is 123 cm³/mol. The molecule has 2 aromatic carbocycles. The van der Waals surface area contributed by atoms with Crippen LogP contribution in [0.25, 0.3) is 10.2 Å². The summed E-state index contributed by atoms with van der Waals surface area (Å²) in [6, 6.07) is 11.5. The third-order valence-electron chi connectivity index (χ3n) is 5.55. The van der Waals surface area contributed by atoms with Crippen LogP contribution in [0, 0.1) is 5.92 Å². The maximum Gasteiger partial charge on any atom is 0.243 e. The molecule has 0 spiro atoms. The first kappa shape index (κ1) is 22.4. The van der Waals surface area contributed by atoms with Crippen molar-refractivity contribution in [3.63, 3.8) is 0 Å². The number of aromatic nitrogens is 1. The van der Waals surface area contributed by atoms with E-state index in [4.69, 9.17) is 4.74 Å². The number of hydrogen-bond donors (Lipinski definition) is 1. The van der Waals surface area contributed by atoms with E-state index in [0.717, 1.165) is 16.0 Å². The van der Waals surface area contributed by atoms with E-state index in [1.165, 1.54) is 46.8 Å². The number of nitrogens with zero attached hydrogens (tertiary/aromatic N) is 2. The molecule has 1 saturated heterocycles. The highest BCUT2D eigenvalue weighted by atomic mass is 32.2. The minimum atomic E-state index is -3.67. The maximum atomic E-state index is 12.9. The van der Waals surface area contributed by atoms with Crippen molar-refractivity contribution in [2.75, 3.05) is 25.5 Å². The van der Waals surface area contributed by atoms with E-state index in [-0.39, 0.29) is 35.6 Å². The molecule has 0 aliphatic carbocycles. The summed E-state index contributed by atoms with van der Waals surface area (Å²) >= 11 is 1.37. The Kier molecular flexibility index (Phi) is 6.27. The average Bonchev–Trinajstić information content (AvgIpc) is 3.20. The lowest BCUT2D eigenvalue weighted by atomic mass is 9.97. The zero-order chi connectivity index (χ0) is 22.9. The molecule has 1 aliphatic heterocycles. The first-order chi connectivity index (χ1) is 15.3. The van der Waals surface area contributed by atoms with Crippen LogP contribution in [-0.4, -0.2) is 49.6 Å². The molecule has 1 amide bonds. The summed E-state index contributed by atoms with van der Waals surface area (Å²) in [6.07, 6.45) is 0.852. The van der Waals surface area contributed by atoms with E-state index in [9.17, 15) is 18.0 Å². The van der Waals surface area contributed by atoms with Gasteiger partial charge in [0.15, 0.2) is 10.9 Å². The minimum absolute atomic E-state index is 0.118. The molecule has 1 fully saturated rings. The number of ketones is 1. The summed E-state index contributed by atoms with van der Waals surface area (Å²) in [5, 5.41) is 3.38. The number of thiazole rings is 1. The predicted octanol–water partition coefficient (Wildman–Crippen LogP) is 3.55. The molecule has 32 heavy (non-hydrogen) atoms. The Morgan fingerprint density at radius 3 is 2.44 bits per heavy atom. The number of anilines is 1. The Hall–Kier alpha value is -2.82. The fourth-order valence-electron chi connectivity index (χ4n) is 3.66. The second kappa shape index (κ2) is 8.97. The van der Waals surface area contributed by atoms with Crippen LogP contribution < -0.4 is 10.1 Å². The number of carbonyl (C=O) groups is 2. The first-order valence-corrected chi connectivity index (χ1v) is 12.4. The number of methoxy groups -OCH3 is 1. The van der Waals surface area contributed by atoms with Crippen LogP contribution in [0.1, 0.15) is 30.1 Å². The van der Waals surface area contributed by atoms with E-state index in [2.05, 4.69) is 10.3 Å². The largest absolute Gasteiger partial charge is 0.497 e. The van der Waals surface area contributed by atoms with Gasteiger partial charge in [0.2, 0.25) is 15.9 Å². The number of nitrogens with one attached hydrogen (secondary N) is 1. The molecule has 0 unspecified atom stereocenters. The van der Waals surface area contributed by atoms with Crippen molar-refractivity contribution < 1.29 is 22.7 Å². The van der Waals surface area contributed by atoms with Crippen molar-refractivity contribution in [3.05, 3.63) is 48.0 Å². The number of hydrogen-bond acceptors (Lipinski definition) is 7. The topological polar surface area (TPSA) is 106 Å². The number of fused-ring (bicyclic) bond motifs is 1. The molecule has 0 saturated carbocycles. The molecule has 168 valence electrons. The average molecular weight is 474 g/mol. The fourth-order valence-corrected chi connectivity index (χ4v) is 6.03. The molecule has 4 rings (SSSR count). The van der Waals surface area contributed by atoms with Crippen LogP contribution in [0.5, 0.6) is 5.75 Å². The first-order valence-electron chi connectivity index (χ1n) is 10.1. The van der Waals surface area contributed by atoms with Crippen molar-refractivity contribution in [3.8, 4) is 5.75 Å². The number of piperidine rings is 1. The lowest BCUT2D eigenvalue weighted by Gasteiger charge is -2.30. The highest BCUT2D eigenvalue weighted by molar-refractivity contribution is 7.89. The molecule has 0 bridgehead atoms. The molecule has 1 N–H and O–H groups in total. The van der Waals surface area contributed by atoms with Crippen LogP contribution in [0.15, 0.2) is 47.4 Å². The molecule has 1 aromatic heterocycles. The van der Waals surface area contributed by atoms with Gasteiger partial charge in [-0.05, 0) is 50.1 Å². The van der Waals surface area contributed by atoms with Gasteiger partial charge in [0.1, 0.15) is 5.75 Å². The van der Waals surface area contributed by atoms with Gasteiger partial charge in [0, 0.05) is 24.6 Å². The molecule has 10 heteroatoms. The zero-order valence-corrected chi connectivity index (χ0v) is 19.3. The number of amides is 1. The summed E-state index contributed by atoms with van der Waals surface area (Å²) in [5.74, 6) is 0.165. The number of carbonyl (C=O) groups excluding carboxylic acids is 2. The van der Waals surface area contributed by atoms with E-state index >= 15 is 0 Å². The normalized spacial score (nSPS) is 15.6. The summed E-state index contributed by atoms with van der Waals surface area (Å²) in [6.45, 7) is 1.95. The smallest absolute Gasteiger partial charge is 0.243 e. The molecule has 8 nitrogen and oxygen atoms in total. The molecule has 1 aliphatic rings. The van der Waals surface area contributed by atoms with Crippen molar-refractivity contribution >= 4 is 48.4 Å². The number of ether oxygens (including phenoxy) is 1. The third kappa shape index (κ3) is 4.52. The van der Waals surface area contributed by atoms with Crippen molar-refractivity contribution in [1.29, 1.82) is 0 Å². The van der Waals surface area contributed by atoms with E-state index < -0.39 is 10.0 Å².